The van der Waals surface area contributed by atoms with Gasteiger partial charge in [0.15, 0.2) is 0 Å². The van der Waals surface area contributed by atoms with E-state index in [4.69, 9.17) is 4.74 Å². The first kappa shape index (κ1) is 33.0. The molecule has 0 aliphatic carbocycles. The van der Waals surface area contributed by atoms with Crippen LogP contribution in [0.2, 0.25) is 0 Å². The van der Waals surface area contributed by atoms with Crippen LogP contribution in [0.5, 0.6) is 0 Å². The minimum absolute atomic E-state index is 0.0391. The molecule has 0 aliphatic rings. The number of rotatable bonds is 12. The van der Waals surface area contributed by atoms with E-state index in [2.05, 4.69) is 10.6 Å². The van der Waals surface area contributed by atoms with Crippen molar-refractivity contribution in [3.63, 3.8) is 0 Å². The van der Waals surface area contributed by atoms with Crippen molar-refractivity contribution in [1.29, 1.82) is 0 Å². The first-order chi connectivity index (χ1) is 19.2. The molecule has 0 radical (unpaired) electrons. The maximum atomic E-state index is 14.2. The number of ether oxygens (including phenoxy) is 1. The summed E-state index contributed by atoms with van der Waals surface area (Å²) in [6.45, 7) is 7.58. The molecular weight excluding hydrogens is 530 g/mol. The summed E-state index contributed by atoms with van der Waals surface area (Å²) in [4.78, 5) is 66.2. The van der Waals surface area contributed by atoms with Gasteiger partial charge in [0.25, 0.3) is 5.91 Å². The lowest BCUT2D eigenvalue weighted by Crippen LogP contribution is -2.60. The number of carbonyl (C=O) groups excluding carboxylic acids is 4. The zero-order valence-electron chi connectivity index (χ0n) is 24.0. The molecular formula is C30H39N3O8. The Balaban J connectivity index is 2.60. The minimum Gasteiger partial charge on any atom is -0.480 e. The fraction of sp³-hybridized carbons (Fsp3) is 0.433. The molecule has 0 heterocycles. The molecule has 11 nitrogen and oxygen atoms in total. The molecule has 0 fully saturated rings. The number of benzene rings is 2. The second-order valence-corrected chi connectivity index (χ2v) is 10.8. The van der Waals surface area contributed by atoms with Crippen LogP contribution in [0.15, 0.2) is 60.7 Å². The number of amides is 4. The van der Waals surface area contributed by atoms with E-state index in [1.807, 2.05) is 0 Å². The van der Waals surface area contributed by atoms with Crippen LogP contribution in [0.4, 0.5) is 4.79 Å². The molecule has 222 valence electrons. The number of hydrogen-bond donors (Lipinski definition) is 4. The standard InChI is InChI=1S/C30H39N3O8/c1-19(34)16-25(35)33(24(18-22-14-10-7-11-15-22)26(36)31-20(2)28(38)39)27(37)23(17-21-12-8-6-9-13-21)32-29(40)41-30(3,4)5/h6-15,19-20,23-24,34H,16-18H2,1-5H3,(H,31,36)(H,32,40)(H,38,39)/t19-,20+,23-,24+/m1/s1. The van der Waals surface area contributed by atoms with Gasteiger partial charge in [-0.25, -0.2) is 4.79 Å². The highest BCUT2D eigenvalue weighted by molar-refractivity contribution is 6.03. The van der Waals surface area contributed by atoms with Crippen molar-refractivity contribution in [2.45, 2.75) is 83.7 Å². The van der Waals surface area contributed by atoms with Gasteiger partial charge in [0.2, 0.25) is 11.8 Å². The molecule has 4 atom stereocenters. The number of carbonyl (C=O) groups is 5. The Morgan fingerprint density at radius 3 is 1.83 bits per heavy atom. The van der Waals surface area contributed by atoms with Crippen LogP contribution in [0.3, 0.4) is 0 Å². The number of carboxylic acid groups (broad SMARTS) is 1. The summed E-state index contributed by atoms with van der Waals surface area (Å²) >= 11 is 0. The summed E-state index contributed by atoms with van der Waals surface area (Å²) < 4.78 is 5.35. The van der Waals surface area contributed by atoms with E-state index in [1.165, 1.54) is 13.8 Å². The topological polar surface area (TPSA) is 162 Å². The molecule has 0 spiro atoms. The molecule has 0 aliphatic heterocycles. The smallest absolute Gasteiger partial charge is 0.408 e. The SMILES string of the molecule is C[C@H](NC(=O)[C@H](Cc1ccccc1)N(C(=O)C[C@@H](C)O)C(=O)[C@@H](Cc1ccccc1)NC(=O)OC(C)(C)C)C(=O)O. The number of hydrogen-bond acceptors (Lipinski definition) is 7. The summed E-state index contributed by atoms with van der Waals surface area (Å²) in [7, 11) is 0. The third-order valence-electron chi connectivity index (χ3n) is 5.86. The molecule has 0 aromatic heterocycles. The first-order valence-corrected chi connectivity index (χ1v) is 13.3. The monoisotopic (exact) mass is 569 g/mol. The highest BCUT2D eigenvalue weighted by Crippen LogP contribution is 2.17. The van der Waals surface area contributed by atoms with E-state index in [-0.39, 0.29) is 12.8 Å². The molecule has 2 aromatic rings. The van der Waals surface area contributed by atoms with Gasteiger partial charge in [-0.3, -0.25) is 24.1 Å². The number of alkyl carbamates (subject to hydrolysis) is 1. The van der Waals surface area contributed by atoms with E-state index < -0.39 is 66.0 Å². The molecule has 2 aromatic carbocycles. The third-order valence-corrected chi connectivity index (χ3v) is 5.86. The average molecular weight is 570 g/mol. The van der Waals surface area contributed by atoms with E-state index in [0.717, 1.165) is 0 Å². The van der Waals surface area contributed by atoms with Crippen LogP contribution in [-0.2, 0) is 36.8 Å². The summed E-state index contributed by atoms with van der Waals surface area (Å²) in [6.07, 6.45) is -2.73. The van der Waals surface area contributed by atoms with Crippen molar-refractivity contribution in [2.75, 3.05) is 0 Å². The van der Waals surface area contributed by atoms with Crippen LogP contribution >= 0.6 is 0 Å². The molecule has 0 saturated carbocycles. The molecule has 4 N–H and O–H groups in total. The Labute approximate surface area is 239 Å². The summed E-state index contributed by atoms with van der Waals surface area (Å²) in [5.74, 6) is -3.97. The quantitative estimate of drug-likeness (QED) is 0.303. The predicted octanol–water partition coefficient (Wildman–Crippen LogP) is 2.45. The van der Waals surface area contributed by atoms with Gasteiger partial charge in [0.05, 0.1) is 12.5 Å². The van der Waals surface area contributed by atoms with E-state index in [0.29, 0.717) is 16.0 Å². The van der Waals surface area contributed by atoms with Crippen LogP contribution in [0.25, 0.3) is 0 Å². The van der Waals surface area contributed by atoms with E-state index in [1.54, 1.807) is 81.4 Å². The second-order valence-electron chi connectivity index (χ2n) is 10.8. The van der Waals surface area contributed by atoms with Crippen LogP contribution in [0, 0.1) is 0 Å². The number of aliphatic hydroxyl groups excluding tert-OH is 1. The minimum atomic E-state index is -1.49. The maximum Gasteiger partial charge on any atom is 0.408 e. The Bertz CT molecular complexity index is 1200. The maximum absolute atomic E-state index is 14.2. The number of imide groups is 1. The Hall–Kier alpha value is -4.25. The number of aliphatic hydroxyl groups is 1. The number of aliphatic carboxylic acids is 1. The van der Waals surface area contributed by atoms with Crippen molar-refractivity contribution >= 4 is 29.8 Å². The molecule has 0 saturated heterocycles. The van der Waals surface area contributed by atoms with Crippen molar-refractivity contribution in [1.82, 2.24) is 15.5 Å². The summed E-state index contributed by atoms with van der Waals surface area (Å²) in [5.41, 5.74) is 0.376. The zero-order chi connectivity index (χ0) is 30.7. The predicted molar refractivity (Wildman–Crippen MR) is 151 cm³/mol. The van der Waals surface area contributed by atoms with Gasteiger partial charge >= 0.3 is 12.1 Å². The molecule has 2 rings (SSSR count). The van der Waals surface area contributed by atoms with Gasteiger partial charge in [0.1, 0.15) is 23.7 Å². The summed E-state index contributed by atoms with van der Waals surface area (Å²) in [6, 6.07) is 13.2. The first-order valence-electron chi connectivity index (χ1n) is 13.3. The zero-order valence-corrected chi connectivity index (χ0v) is 24.0. The number of nitrogens with zero attached hydrogens (tertiary/aromatic N) is 1. The van der Waals surface area contributed by atoms with E-state index in [9.17, 15) is 34.2 Å². The second kappa shape index (κ2) is 14.9. The molecule has 41 heavy (non-hydrogen) atoms. The number of carboxylic acids is 1. The normalized spacial score (nSPS) is 14.1. The van der Waals surface area contributed by atoms with Gasteiger partial charge in [0, 0.05) is 12.8 Å². The lowest BCUT2D eigenvalue weighted by molar-refractivity contribution is -0.154. The van der Waals surface area contributed by atoms with Crippen molar-refractivity contribution in [3.05, 3.63) is 71.8 Å². The lowest BCUT2D eigenvalue weighted by Gasteiger charge is -2.33. The van der Waals surface area contributed by atoms with Crippen molar-refractivity contribution < 1.29 is 38.9 Å². The Morgan fingerprint density at radius 1 is 0.854 bits per heavy atom. The number of nitrogens with one attached hydrogen (secondary N) is 2. The van der Waals surface area contributed by atoms with Crippen LogP contribution in [0.1, 0.15) is 52.2 Å². The molecule has 11 heteroatoms. The molecule has 0 unspecified atom stereocenters. The summed E-state index contributed by atoms with van der Waals surface area (Å²) in [5, 5.41) is 24.2. The van der Waals surface area contributed by atoms with Gasteiger partial charge in [-0.15, -0.1) is 0 Å². The van der Waals surface area contributed by atoms with Gasteiger partial charge in [-0.05, 0) is 45.7 Å². The molecule has 0 bridgehead atoms. The largest absolute Gasteiger partial charge is 0.480 e. The average Bonchev–Trinajstić information content (AvgIpc) is 2.87. The Kier molecular flexibility index (Phi) is 12.0. The van der Waals surface area contributed by atoms with Crippen LogP contribution < -0.4 is 10.6 Å². The Morgan fingerprint density at radius 2 is 1.37 bits per heavy atom. The lowest BCUT2D eigenvalue weighted by atomic mass is 9.99. The highest BCUT2D eigenvalue weighted by atomic mass is 16.6. The fourth-order valence-corrected chi connectivity index (χ4v) is 3.98. The van der Waals surface area contributed by atoms with Crippen molar-refractivity contribution in [3.8, 4) is 0 Å². The fourth-order valence-electron chi connectivity index (χ4n) is 3.98. The van der Waals surface area contributed by atoms with Gasteiger partial charge in [-0.2, -0.15) is 0 Å². The van der Waals surface area contributed by atoms with E-state index >= 15 is 0 Å². The highest BCUT2D eigenvalue weighted by Gasteiger charge is 2.40. The molecule has 4 amide bonds. The van der Waals surface area contributed by atoms with Crippen LogP contribution in [-0.4, -0.2) is 74.7 Å². The third kappa shape index (κ3) is 11.0. The van der Waals surface area contributed by atoms with Crippen molar-refractivity contribution in [2.24, 2.45) is 0 Å². The van der Waals surface area contributed by atoms with Gasteiger partial charge < -0.3 is 25.6 Å². The van der Waals surface area contributed by atoms with Gasteiger partial charge in [-0.1, -0.05) is 60.7 Å².